The van der Waals surface area contributed by atoms with Gasteiger partial charge in [0.2, 0.25) is 10.0 Å². The normalized spacial score (nSPS) is 12.6. The second-order valence-corrected chi connectivity index (χ2v) is 7.86. The Morgan fingerprint density at radius 2 is 1.96 bits per heavy atom. The zero-order valence-corrected chi connectivity index (χ0v) is 14.6. The van der Waals surface area contributed by atoms with Gasteiger partial charge in [0.15, 0.2) is 0 Å². The van der Waals surface area contributed by atoms with E-state index in [1.165, 1.54) is 30.6 Å². The predicted octanol–water partition coefficient (Wildman–Crippen LogP) is 3.82. The molecule has 0 aliphatic carbocycles. The topological polar surface area (TPSA) is 46.6 Å². The van der Waals surface area contributed by atoms with Crippen molar-refractivity contribution in [2.45, 2.75) is 24.5 Å². The molecule has 0 saturated carbocycles. The molecule has 24 heavy (non-hydrogen) atoms. The number of thiophene rings is 1. The van der Waals surface area contributed by atoms with E-state index in [1.54, 1.807) is 29.8 Å². The Hall–Kier alpha value is -1.58. The summed E-state index contributed by atoms with van der Waals surface area (Å²) in [6.45, 7) is -0.268. The molecule has 2 rings (SSSR count). The first-order valence-electron chi connectivity index (χ1n) is 6.86. The summed E-state index contributed by atoms with van der Waals surface area (Å²) in [5.74, 6) is 0.0121. The summed E-state index contributed by atoms with van der Waals surface area (Å²) in [6.07, 6.45) is -4.65. The van der Waals surface area contributed by atoms with E-state index in [1.807, 2.05) is 0 Å². The minimum absolute atomic E-state index is 0.0121. The molecular formula is C15H16F3NO3S2. The Bertz CT molecular complexity index is 787. The third kappa shape index (κ3) is 4.49. The minimum atomic E-state index is -4.65. The molecule has 1 heterocycles. The number of methoxy groups -OCH3 is 1. The summed E-state index contributed by atoms with van der Waals surface area (Å²) in [7, 11) is -3.11. The average molecular weight is 379 g/mol. The van der Waals surface area contributed by atoms with Gasteiger partial charge in [-0.15, -0.1) is 0 Å². The van der Waals surface area contributed by atoms with Crippen molar-refractivity contribution in [2.75, 3.05) is 13.7 Å². The largest absolute Gasteiger partial charge is 0.495 e. The Labute approximate surface area is 142 Å². The van der Waals surface area contributed by atoms with Crippen LogP contribution in [0.2, 0.25) is 0 Å². The summed E-state index contributed by atoms with van der Waals surface area (Å²) < 4.78 is 69.8. The number of halogens is 3. The van der Waals surface area contributed by atoms with Crippen LogP contribution in [0.25, 0.3) is 0 Å². The molecule has 9 heteroatoms. The van der Waals surface area contributed by atoms with Crippen molar-refractivity contribution in [3.63, 3.8) is 0 Å². The standard InChI is InChI=1S/C15H16F3NO3S2/c1-11-3-4-13(22-2)14(7-11)24(20,21)19(10-15(16,17)18)8-12-5-6-23-9-12/h3-7,9H,8,10H2,1-2H3. The fourth-order valence-electron chi connectivity index (χ4n) is 2.14. The number of hydrogen-bond donors (Lipinski definition) is 0. The summed E-state index contributed by atoms with van der Waals surface area (Å²) >= 11 is 1.29. The summed E-state index contributed by atoms with van der Waals surface area (Å²) in [5.41, 5.74) is 1.11. The molecular weight excluding hydrogens is 363 g/mol. The lowest BCUT2D eigenvalue weighted by molar-refractivity contribution is -0.136. The molecule has 0 bridgehead atoms. The highest BCUT2D eigenvalue weighted by molar-refractivity contribution is 7.89. The summed E-state index contributed by atoms with van der Waals surface area (Å²) in [4.78, 5) is -0.274. The van der Waals surface area contributed by atoms with Gasteiger partial charge in [-0.25, -0.2) is 8.42 Å². The Morgan fingerprint density at radius 1 is 1.25 bits per heavy atom. The lowest BCUT2D eigenvalue weighted by atomic mass is 10.2. The number of sulfonamides is 1. The van der Waals surface area contributed by atoms with Crippen molar-refractivity contribution < 1.29 is 26.3 Å². The molecule has 0 amide bonds. The Kier molecular flexibility index (Phi) is 5.56. The van der Waals surface area contributed by atoms with E-state index in [0.717, 1.165) is 0 Å². The highest BCUT2D eigenvalue weighted by Gasteiger charge is 2.38. The second kappa shape index (κ2) is 7.12. The molecule has 2 aromatic rings. The molecule has 0 fully saturated rings. The fraction of sp³-hybridized carbons (Fsp3) is 0.333. The maximum Gasteiger partial charge on any atom is 0.402 e. The molecule has 0 saturated heterocycles. The second-order valence-electron chi connectivity index (χ2n) is 5.17. The van der Waals surface area contributed by atoms with Crippen LogP contribution in [0.4, 0.5) is 13.2 Å². The average Bonchev–Trinajstić information content (AvgIpc) is 2.98. The van der Waals surface area contributed by atoms with Gasteiger partial charge in [-0.1, -0.05) is 6.07 Å². The maximum absolute atomic E-state index is 12.9. The number of rotatable bonds is 6. The minimum Gasteiger partial charge on any atom is -0.495 e. The molecule has 0 atom stereocenters. The van der Waals surface area contributed by atoms with Crippen molar-refractivity contribution in [1.29, 1.82) is 0 Å². The van der Waals surface area contributed by atoms with Gasteiger partial charge in [0.1, 0.15) is 17.2 Å². The number of alkyl halides is 3. The molecule has 0 unspecified atom stereocenters. The lowest BCUT2D eigenvalue weighted by Crippen LogP contribution is -2.38. The van der Waals surface area contributed by atoms with Crippen molar-refractivity contribution >= 4 is 21.4 Å². The third-order valence-electron chi connectivity index (χ3n) is 3.23. The first kappa shape index (κ1) is 18.8. The third-order valence-corrected chi connectivity index (χ3v) is 5.78. The van der Waals surface area contributed by atoms with Crippen LogP contribution in [0.3, 0.4) is 0 Å². The van der Waals surface area contributed by atoms with E-state index >= 15 is 0 Å². The fourth-order valence-corrected chi connectivity index (χ4v) is 4.45. The first-order valence-corrected chi connectivity index (χ1v) is 9.24. The molecule has 1 aromatic heterocycles. The zero-order chi connectivity index (χ0) is 18.0. The van der Waals surface area contributed by atoms with Crippen molar-refractivity contribution in [2.24, 2.45) is 0 Å². The van der Waals surface area contributed by atoms with Crippen LogP contribution in [0.1, 0.15) is 11.1 Å². The lowest BCUT2D eigenvalue weighted by Gasteiger charge is -2.24. The van der Waals surface area contributed by atoms with Crippen molar-refractivity contribution in [3.05, 3.63) is 46.2 Å². The SMILES string of the molecule is COc1ccc(C)cc1S(=O)(=O)N(Cc1ccsc1)CC(F)(F)F. The van der Waals surface area contributed by atoms with Gasteiger partial charge in [0, 0.05) is 6.54 Å². The van der Waals surface area contributed by atoms with Crippen LogP contribution in [0.15, 0.2) is 39.9 Å². The molecule has 1 aromatic carbocycles. The number of aryl methyl sites for hydroxylation is 1. The van der Waals surface area contributed by atoms with Gasteiger partial charge in [-0.05, 0) is 47.0 Å². The smallest absolute Gasteiger partial charge is 0.402 e. The van der Waals surface area contributed by atoms with E-state index in [9.17, 15) is 21.6 Å². The molecule has 0 aliphatic rings. The van der Waals surface area contributed by atoms with E-state index in [0.29, 0.717) is 15.4 Å². The summed E-state index contributed by atoms with van der Waals surface area (Å²) in [6, 6.07) is 5.96. The number of hydrogen-bond acceptors (Lipinski definition) is 4. The van der Waals surface area contributed by atoms with Gasteiger partial charge in [-0.2, -0.15) is 28.8 Å². The van der Waals surface area contributed by atoms with Gasteiger partial charge in [0.05, 0.1) is 7.11 Å². The molecule has 0 aliphatic heterocycles. The maximum atomic E-state index is 12.9. The number of benzene rings is 1. The highest BCUT2D eigenvalue weighted by Crippen LogP contribution is 2.31. The van der Waals surface area contributed by atoms with E-state index in [2.05, 4.69) is 0 Å². The van der Waals surface area contributed by atoms with Crippen LogP contribution >= 0.6 is 11.3 Å². The number of ether oxygens (including phenoxy) is 1. The van der Waals surface area contributed by atoms with E-state index in [-0.39, 0.29) is 17.2 Å². The van der Waals surface area contributed by atoms with Crippen molar-refractivity contribution in [1.82, 2.24) is 4.31 Å². The van der Waals surface area contributed by atoms with E-state index < -0.39 is 22.7 Å². The highest BCUT2D eigenvalue weighted by atomic mass is 32.2. The molecule has 132 valence electrons. The van der Waals surface area contributed by atoms with Crippen LogP contribution in [-0.2, 0) is 16.6 Å². The van der Waals surface area contributed by atoms with Gasteiger partial charge >= 0.3 is 6.18 Å². The van der Waals surface area contributed by atoms with Gasteiger partial charge in [-0.3, -0.25) is 0 Å². The van der Waals surface area contributed by atoms with Gasteiger partial charge in [0.25, 0.3) is 0 Å². The molecule has 0 radical (unpaired) electrons. The van der Waals surface area contributed by atoms with Crippen LogP contribution in [-0.4, -0.2) is 32.6 Å². The number of nitrogens with zero attached hydrogens (tertiary/aromatic N) is 1. The monoisotopic (exact) mass is 379 g/mol. The zero-order valence-electron chi connectivity index (χ0n) is 13.0. The predicted molar refractivity (Wildman–Crippen MR) is 85.7 cm³/mol. The van der Waals surface area contributed by atoms with E-state index in [4.69, 9.17) is 4.74 Å². The quantitative estimate of drug-likeness (QED) is 0.767. The van der Waals surface area contributed by atoms with Crippen LogP contribution < -0.4 is 4.74 Å². The first-order chi connectivity index (χ1) is 11.1. The Balaban J connectivity index is 2.48. The van der Waals surface area contributed by atoms with Crippen LogP contribution in [0, 0.1) is 6.92 Å². The summed E-state index contributed by atoms with van der Waals surface area (Å²) in [5, 5.41) is 3.30. The Morgan fingerprint density at radius 3 is 2.50 bits per heavy atom. The molecule has 0 spiro atoms. The van der Waals surface area contributed by atoms with Gasteiger partial charge < -0.3 is 4.74 Å². The molecule has 4 nitrogen and oxygen atoms in total. The van der Waals surface area contributed by atoms with Crippen LogP contribution in [0.5, 0.6) is 5.75 Å². The molecule has 0 N–H and O–H groups in total. The van der Waals surface area contributed by atoms with Crippen molar-refractivity contribution in [3.8, 4) is 5.75 Å².